The third kappa shape index (κ3) is 2.54. The normalized spacial score (nSPS) is 9.37. The molecule has 1 amide bonds. The molecule has 6 heteroatoms. The molecule has 0 atom stereocenters. The fourth-order valence-electron chi connectivity index (χ4n) is 1.50. The van der Waals surface area contributed by atoms with Crippen LogP contribution in [0.2, 0.25) is 0 Å². The van der Waals surface area contributed by atoms with E-state index in [9.17, 15) is 4.79 Å². The van der Waals surface area contributed by atoms with Gasteiger partial charge in [-0.2, -0.15) is 10.5 Å². The van der Waals surface area contributed by atoms with Crippen LogP contribution in [0.5, 0.6) is 0 Å². The summed E-state index contributed by atoms with van der Waals surface area (Å²) < 4.78 is 0. The van der Waals surface area contributed by atoms with Crippen molar-refractivity contribution in [3.8, 4) is 12.1 Å². The van der Waals surface area contributed by atoms with Gasteiger partial charge in [-0.15, -0.1) is 11.3 Å². The van der Waals surface area contributed by atoms with Crippen LogP contribution in [0.15, 0.2) is 29.6 Å². The summed E-state index contributed by atoms with van der Waals surface area (Å²) in [5.74, 6) is -0.332. The van der Waals surface area contributed by atoms with Gasteiger partial charge in [0.25, 0.3) is 5.91 Å². The zero-order valence-corrected chi connectivity index (χ0v) is 10.5. The number of carbonyl (C=O) groups excluding carboxylic acids is 1. The van der Waals surface area contributed by atoms with Crippen molar-refractivity contribution in [3.63, 3.8) is 0 Å². The number of thiophene rings is 1. The molecule has 19 heavy (non-hydrogen) atoms. The van der Waals surface area contributed by atoms with Crippen molar-refractivity contribution in [1.29, 1.82) is 10.5 Å². The predicted molar refractivity (Wildman–Crippen MR) is 72.6 cm³/mol. The Labute approximate surface area is 113 Å². The standard InChI is InChI=1S/C13H8N4OS/c14-6-8-1-2-10(5-9(8)7-15)17-13(18)12-11(16)3-4-19-12/h1-5H,16H2,(H,17,18). The summed E-state index contributed by atoms with van der Waals surface area (Å²) in [7, 11) is 0. The van der Waals surface area contributed by atoms with Crippen molar-refractivity contribution in [1.82, 2.24) is 0 Å². The lowest BCUT2D eigenvalue weighted by atomic mass is 10.1. The number of carbonyl (C=O) groups is 1. The van der Waals surface area contributed by atoms with Crippen LogP contribution < -0.4 is 11.1 Å². The minimum absolute atomic E-state index is 0.222. The van der Waals surface area contributed by atoms with Gasteiger partial charge in [-0.05, 0) is 29.6 Å². The molecule has 0 radical (unpaired) electrons. The van der Waals surface area contributed by atoms with Crippen LogP contribution in [0.25, 0.3) is 0 Å². The zero-order chi connectivity index (χ0) is 13.8. The molecule has 0 aliphatic carbocycles. The van der Waals surface area contributed by atoms with E-state index in [1.165, 1.54) is 23.5 Å². The van der Waals surface area contributed by atoms with E-state index in [2.05, 4.69) is 5.32 Å². The van der Waals surface area contributed by atoms with Crippen molar-refractivity contribution < 1.29 is 4.79 Å². The number of anilines is 2. The Bertz CT molecular complexity index is 721. The lowest BCUT2D eigenvalue weighted by Gasteiger charge is -2.05. The quantitative estimate of drug-likeness (QED) is 0.872. The molecular formula is C13H8N4OS. The van der Waals surface area contributed by atoms with Gasteiger partial charge in [0, 0.05) is 5.69 Å². The Morgan fingerprint density at radius 3 is 2.53 bits per heavy atom. The first kappa shape index (κ1) is 12.6. The fraction of sp³-hybridized carbons (Fsp3) is 0. The highest BCUT2D eigenvalue weighted by Gasteiger charge is 2.12. The van der Waals surface area contributed by atoms with E-state index in [4.69, 9.17) is 16.3 Å². The number of hydrogen-bond acceptors (Lipinski definition) is 5. The number of nitriles is 2. The SMILES string of the molecule is N#Cc1ccc(NC(=O)c2sccc2N)cc1C#N. The van der Waals surface area contributed by atoms with Crippen LogP contribution in [-0.4, -0.2) is 5.91 Å². The largest absolute Gasteiger partial charge is 0.397 e. The second kappa shape index (κ2) is 5.21. The molecule has 1 heterocycles. The molecule has 2 aromatic rings. The Morgan fingerprint density at radius 1 is 1.21 bits per heavy atom. The van der Waals surface area contributed by atoms with Crippen LogP contribution in [-0.2, 0) is 0 Å². The molecule has 3 N–H and O–H groups in total. The van der Waals surface area contributed by atoms with Crippen molar-refractivity contribution in [2.45, 2.75) is 0 Å². The van der Waals surface area contributed by atoms with Gasteiger partial charge in [0.2, 0.25) is 0 Å². The summed E-state index contributed by atoms with van der Waals surface area (Å²) in [5.41, 5.74) is 7.01. The molecule has 0 unspecified atom stereocenters. The molecule has 0 spiro atoms. The summed E-state index contributed by atoms with van der Waals surface area (Å²) in [6.07, 6.45) is 0. The van der Waals surface area contributed by atoms with Gasteiger partial charge in [-0.1, -0.05) is 0 Å². The molecule has 0 bridgehead atoms. The second-order valence-corrected chi connectivity index (χ2v) is 4.56. The number of rotatable bonds is 2. The average Bonchev–Trinajstić information content (AvgIpc) is 2.85. The van der Waals surface area contributed by atoms with Gasteiger partial charge in [0.1, 0.15) is 17.0 Å². The van der Waals surface area contributed by atoms with Crippen LogP contribution >= 0.6 is 11.3 Å². The predicted octanol–water partition coefficient (Wildman–Crippen LogP) is 2.33. The Morgan fingerprint density at radius 2 is 1.95 bits per heavy atom. The number of nitrogens with one attached hydrogen (secondary N) is 1. The van der Waals surface area contributed by atoms with Gasteiger partial charge < -0.3 is 11.1 Å². The van der Waals surface area contributed by atoms with Crippen molar-refractivity contribution in [3.05, 3.63) is 45.6 Å². The van der Waals surface area contributed by atoms with Gasteiger partial charge in [0.15, 0.2) is 0 Å². The number of hydrogen-bond donors (Lipinski definition) is 2. The minimum Gasteiger partial charge on any atom is -0.397 e. The summed E-state index contributed by atoms with van der Waals surface area (Å²) in [4.78, 5) is 12.3. The van der Waals surface area contributed by atoms with Crippen molar-refractivity contribution in [2.24, 2.45) is 0 Å². The Kier molecular flexibility index (Phi) is 3.46. The van der Waals surface area contributed by atoms with E-state index in [0.29, 0.717) is 16.3 Å². The number of amides is 1. The first-order chi connectivity index (χ1) is 9.15. The summed E-state index contributed by atoms with van der Waals surface area (Å²) in [6.45, 7) is 0. The zero-order valence-electron chi connectivity index (χ0n) is 9.68. The second-order valence-electron chi connectivity index (χ2n) is 3.64. The van der Waals surface area contributed by atoms with Crippen LogP contribution in [0.4, 0.5) is 11.4 Å². The van der Waals surface area contributed by atoms with E-state index < -0.39 is 0 Å². The third-order valence-corrected chi connectivity index (χ3v) is 3.35. The highest BCUT2D eigenvalue weighted by atomic mass is 32.1. The van der Waals surface area contributed by atoms with Crippen LogP contribution in [0, 0.1) is 22.7 Å². The van der Waals surface area contributed by atoms with Crippen molar-refractivity contribution in [2.75, 3.05) is 11.1 Å². The van der Waals surface area contributed by atoms with Crippen LogP contribution in [0.1, 0.15) is 20.8 Å². The van der Waals surface area contributed by atoms with E-state index in [1.54, 1.807) is 17.5 Å². The summed E-state index contributed by atoms with van der Waals surface area (Å²) in [6, 6.07) is 9.99. The lowest BCUT2D eigenvalue weighted by molar-refractivity contribution is 0.103. The molecule has 1 aromatic heterocycles. The third-order valence-electron chi connectivity index (χ3n) is 2.42. The number of nitrogens with two attached hydrogens (primary N) is 1. The molecular weight excluding hydrogens is 260 g/mol. The number of nitrogens with zero attached hydrogens (tertiary/aromatic N) is 2. The summed E-state index contributed by atoms with van der Waals surface area (Å²) in [5, 5.41) is 22.1. The molecule has 2 rings (SSSR count). The average molecular weight is 268 g/mol. The number of nitrogen functional groups attached to an aromatic ring is 1. The van der Waals surface area contributed by atoms with E-state index in [1.807, 2.05) is 12.1 Å². The first-order valence-electron chi connectivity index (χ1n) is 5.24. The van der Waals surface area contributed by atoms with E-state index in [0.717, 1.165) is 0 Å². The van der Waals surface area contributed by atoms with Crippen molar-refractivity contribution >= 4 is 28.6 Å². The smallest absolute Gasteiger partial charge is 0.267 e. The fourth-order valence-corrected chi connectivity index (χ4v) is 2.22. The van der Waals surface area contributed by atoms with Gasteiger partial charge in [-0.25, -0.2) is 0 Å². The molecule has 0 saturated heterocycles. The maximum Gasteiger partial charge on any atom is 0.267 e. The topological polar surface area (TPSA) is 103 Å². The Balaban J connectivity index is 2.26. The molecule has 92 valence electrons. The van der Waals surface area contributed by atoms with E-state index in [-0.39, 0.29) is 17.0 Å². The molecule has 0 saturated carbocycles. The monoisotopic (exact) mass is 268 g/mol. The highest BCUT2D eigenvalue weighted by Crippen LogP contribution is 2.21. The minimum atomic E-state index is -0.332. The maximum atomic E-state index is 11.9. The maximum absolute atomic E-state index is 11.9. The molecule has 0 aliphatic rings. The van der Waals surface area contributed by atoms with Gasteiger partial charge >= 0.3 is 0 Å². The lowest BCUT2D eigenvalue weighted by Crippen LogP contribution is -2.12. The summed E-state index contributed by atoms with van der Waals surface area (Å²) >= 11 is 1.24. The van der Waals surface area contributed by atoms with Gasteiger partial charge in [0.05, 0.1) is 16.8 Å². The highest BCUT2D eigenvalue weighted by molar-refractivity contribution is 7.12. The molecule has 5 nitrogen and oxygen atoms in total. The first-order valence-corrected chi connectivity index (χ1v) is 6.12. The molecule has 0 aliphatic heterocycles. The van der Waals surface area contributed by atoms with Gasteiger partial charge in [-0.3, -0.25) is 4.79 Å². The molecule has 0 fully saturated rings. The van der Waals surface area contributed by atoms with Crippen LogP contribution in [0.3, 0.4) is 0 Å². The Hall–Kier alpha value is -2.83. The molecule has 1 aromatic carbocycles. The van der Waals surface area contributed by atoms with E-state index >= 15 is 0 Å². The number of benzene rings is 1.